The van der Waals surface area contributed by atoms with Crippen molar-refractivity contribution >= 4 is 40.2 Å². The van der Waals surface area contributed by atoms with Gasteiger partial charge in [0.25, 0.3) is 0 Å². The Kier molecular flexibility index (Phi) is 5.76. The summed E-state index contributed by atoms with van der Waals surface area (Å²) in [7, 11) is 1.93. The molecule has 1 aliphatic heterocycles. The number of likely N-dealkylation sites (N-methyl/N-ethyl adjacent to an activating group) is 1. The van der Waals surface area contributed by atoms with Crippen molar-refractivity contribution in [2.75, 3.05) is 36.9 Å². The lowest BCUT2D eigenvalue weighted by Gasteiger charge is -2.18. The van der Waals surface area contributed by atoms with Crippen molar-refractivity contribution in [3.05, 3.63) is 45.6 Å². The molecule has 6 heteroatoms. The molecule has 1 aliphatic rings. The number of carbonyl (C=O) groups is 1. The molecule has 0 saturated carbocycles. The van der Waals surface area contributed by atoms with Crippen molar-refractivity contribution in [2.24, 2.45) is 0 Å². The first-order valence-corrected chi connectivity index (χ1v) is 9.37. The number of nitrogens with zero attached hydrogens (tertiary/aromatic N) is 2. The number of halogens is 1. The average Bonchev–Trinajstić information content (AvgIpc) is 3.20. The monoisotopic (exact) mass is 363 g/mol. The van der Waals surface area contributed by atoms with Crippen molar-refractivity contribution in [3.8, 4) is 0 Å². The summed E-state index contributed by atoms with van der Waals surface area (Å²) in [5.74, 6) is -0.00549. The van der Waals surface area contributed by atoms with Crippen LogP contribution in [0.25, 0.3) is 0 Å². The topological polar surface area (TPSA) is 35.6 Å². The molecule has 2 aromatic rings. The third kappa shape index (κ3) is 4.72. The highest BCUT2D eigenvalue weighted by Crippen LogP contribution is 2.23. The molecule has 4 nitrogen and oxygen atoms in total. The number of hydrogen-bond acceptors (Lipinski definition) is 4. The lowest BCUT2D eigenvalue weighted by atomic mass is 10.2. The summed E-state index contributed by atoms with van der Waals surface area (Å²) in [5, 5.41) is 2.96. The number of thiophene rings is 1. The molecule has 128 valence electrons. The number of carbonyl (C=O) groups excluding carboxylic acids is 1. The minimum Gasteiger partial charge on any atom is -0.372 e. The van der Waals surface area contributed by atoms with Gasteiger partial charge in [-0.05, 0) is 56.3 Å². The predicted molar refractivity (Wildman–Crippen MR) is 102 cm³/mol. The normalized spacial score (nSPS) is 14.4. The standard InChI is InChI=1S/C18H22ClN3OS/c1-21(12-16-8-9-17(19)24-16)13-18(23)20-14-4-6-15(7-5-14)22-10-2-3-11-22/h4-9H,2-3,10-13H2,1H3,(H,20,23). The number of hydrogen-bond donors (Lipinski definition) is 1. The van der Waals surface area contributed by atoms with E-state index in [0.29, 0.717) is 6.54 Å². The van der Waals surface area contributed by atoms with Gasteiger partial charge >= 0.3 is 0 Å². The Labute approximate surface area is 152 Å². The molecule has 0 bridgehead atoms. The van der Waals surface area contributed by atoms with Gasteiger partial charge in [-0.3, -0.25) is 9.69 Å². The van der Waals surface area contributed by atoms with E-state index in [4.69, 9.17) is 11.6 Å². The summed E-state index contributed by atoms with van der Waals surface area (Å²) in [6, 6.07) is 12.0. The van der Waals surface area contributed by atoms with Gasteiger partial charge in [0.15, 0.2) is 0 Å². The van der Waals surface area contributed by atoms with Gasteiger partial charge < -0.3 is 10.2 Å². The summed E-state index contributed by atoms with van der Waals surface area (Å²) in [5.41, 5.74) is 2.08. The van der Waals surface area contributed by atoms with Crippen LogP contribution in [-0.2, 0) is 11.3 Å². The number of amides is 1. The summed E-state index contributed by atoms with van der Waals surface area (Å²) >= 11 is 7.48. The molecule has 1 N–H and O–H groups in total. The minimum absolute atomic E-state index is 0.00549. The molecule has 0 aliphatic carbocycles. The Balaban J connectivity index is 1.48. The van der Waals surface area contributed by atoms with Crippen molar-refractivity contribution in [1.82, 2.24) is 4.90 Å². The lowest BCUT2D eigenvalue weighted by molar-refractivity contribution is -0.117. The first-order chi connectivity index (χ1) is 11.6. The van der Waals surface area contributed by atoms with E-state index in [1.54, 1.807) is 11.3 Å². The van der Waals surface area contributed by atoms with Gasteiger partial charge in [0, 0.05) is 35.9 Å². The molecule has 0 unspecified atom stereocenters. The number of anilines is 2. The largest absolute Gasteiger partial charge is 0.372 e. The predicted octanol–water partition coefficient (Wildman–Crippen LogP) is 4.07. The highest BCUT2D eigenvalue weighted by Gasteiger charge is 2.12. The van der Waals surface area contributed by atoms with Crippen LogP contribution in [0, 0.1) is 0 Å². The molecule has 2 heterocycles. The Bertz CT molecular complexity index is 680. The van der Waals surface area contributed by atoms with Crippen LogP contribution >= 0.6 is 22.9 Å². The molecule has 0 radical (unpaired) electrons. The maximum Gasteiger partial charge on any atom is 0.238 e. The maximum atomic E-state index is 12.2. The van der Waals surface area contributed by atoms with Gasteiger partial charge in [-0.1, -0.05) is 11.6 Å². The van der Waals surface area contributed by atoms with Crippen LogP contribution in [-0.4, -0.2) is 37.5 Å². The zero-order chi connectivity index (χ0) is 16.9. The summed E-state index contributed by atoms with van der Waals surface area (Å²) < 4.78 is 0.779. The van der Waals surface area contributed by atoms with E-state index in [9.17, 15) is 4.79 Å². The van der Waals surface area contributed by atoms with Crippen molar-refractivity contribution in [1.29, 1.82) is 0 Å². The SMILES string of the molecule is CN(CC(=O)Nc1ccc(N2CCCC2)cc1)Cc1ccc(Cl)s1. The van der Waals surface area contributed by atoms with Crippen LogP contribution in [0.3, 0.4) is 0 Å². The molecule has 1 aromatic heterocycles. The Morgan fingerprint density at radius 1 is 1.21 bits per heavy atom. The van der Waals surface area contributed by atoms with Gasteiger partial charge in [0.05, 0.1) is 10.9 Å². The van der Waals surface area contributed by atoms with Crippen LogP contribution in [0.4, 0.5) is 11.4 Å². The molecule has 3 rings (SSSR count). The van der Waals surface area contributed by atoms with Crippen LogP contribution in [0.1, 0.15) is 17.7 Å². The van der Waals surface area contributed by atoms with E-state index in [-0.39, 0.29) is 5.91 Å². The summed E-state index contributed by atoms with van der Waals surface area (Å²) in [6.45, 7) is 3.33. The molecule has 1 aromatic carbocycles. The molecular formula is C18H22ClN3OS. The van der Waals surface area contributed by atoms with Crippen molar-refractivity contribution in [3.63, 3.8) is 0 Å². The van der Waals surface area contributed by atoms with Crippen molar-refractivity contribution < 1.29 is 4.79 Å². The molecule has 0 spiro atoms. The van der Waals surface area contributed by atoms with Crippen LogP contribution in [0.5, 0.6) is 0 Å². The second kappa shape index (κ2) is 8.01. The zero-order valence-electron chi connectivity index (χ0n) is 13.8. The second-order valence-corrected chi connectivity index (χ2v) is 7.97. The van der Waals surface area contributed by atoms with E-state index in [0.717, 1.165) is 34.5 Å². The van der Waals surface area contributed by atoms with E-state index < -0.39 is 0 Å². The van der Waals surface area contributed by atoms with Gasteiger partial charge in [-0.2, -0.15) is 0 Å². The highest BCUT2D eigenvalue weighted by molar-refractivity contribution is 7.16. The average molecular weight is 364 g/mol. The quantitative estimate of drug-likeness (QED) is 0.840. The number of rotatable bonds is 6. The molecule has 24 heavy (non-hydrogen) atoms. The Morgan fingerprint density at radius 3 is 2.54 bits per heavy atom. The first kappa shape index (κ1) is 17.3. The highest BCUT2D eigenvalue weighted by atomic mass is 35.5. The second-order valence-electron chi connectivity index (χ2n) is 6.17. The van der Waals surface area contributed by atoms with E-state index in [2.05, 4.69) is 22.3 Å². The fourth-order valence-corrected chi connectivity index (χ4v) is 4.10. The third-order valence-electron chi connectivity index (χ3n) is 4.09. The molecule has 1 fully saturated rings. The lowest BCUT2D eigenvalue weighted by Crippen LogP contribution is -2.29. The first-order valence-electron chi connectivity index (χ1n) is 8.18. The molecule has 1 amide bonds. The number of benzene rings is 1. The van der Waals surface area contributed by atoms with E-state index in [1.807, 2.05) is 36.2 Å². The molecule has 1 saturated heterocycles. The summed E-state index contributed by atoms with van der Waals surface area (Å²) in [6.07, 6.45) is 2.53. The van der Waals surface area contributed by atoms with Crippen LogP contribution < -0.4 is 10.2 Å². The zero-order valence-corrected chi connectivity index (χ0v) is 15.4. The number of nitrogens with one attached hydrogen (secondary N) is 1. The summed E-state index contributed by atoms with van der Waals surface area (Å²) in [4.78, 5) is 17.7. The van der Waals surface area contributed by atoms with E-state index in [1.165, 1.54) is 18.5 Å². The fourth-order valence-electron chi connectivity index (χ4n) is 2.94. The van der Waals surface area contributed by atoms with E-state index >= 15 is 0 Å². The smallest absolute Gasteiger partial charge is 0.238 e. The van der Waals surface area contributed by atoms with Gasteiger partial charge in [-0.25, -0.2) is 0 Å². The molecule has 0 atom stereocenters. The Morgan fingerprint density at radius 2 is 1.92 bits per heavy atom. The van der Waals surface area contributed by atoms with Gasteiger partial charge in [0.1, 0.15) is 0 Å². The van der Waals surface area contributed by atoms with Crippen LogP contribution in [0.15, 0.2) is 36.4 Å². The Hall–Kier alpha value is -1.56. The van der Waals surface area contributed by atoms with Gasteiger partial charge in [-0.15, -0.1) is 11.3 Å². The van der Waals surface area contributed by atoms with Crippen LogP contribution in [0.2, 0.25) is 4.34 Å². The van der Waals surface area contributed by atoms with Crippen molar-refractivity contribution in [2.45, 2.75) is 19.4 Å². The van der Waals surface area contributed by atoms with Gasteiger partial charge in [0.2, 0.25) is 5.91 Å². The third-order valence-corrected chi connectivity index (χ3v) is 5.31. The fraction of sp³-hybridized carbons (Fsp3) is 0.389. The maximum absolute atomic E-state index is 12.2. The molecular weight excluding hydrogens is 342 g/mol. The minimum atomic E-state index is -0.00549.